The molecule has 5 aromatic carbocycles. The topological polar surface area (TPSA) is 155 Å². The van der Waals surface area contributed by atoms with Crippen LogP contribution >= 0.6 is 0 Å². The van der Waals surface area contributed by atoms with Gasteiger partial charge >= 0.3 is 0 Å². The number of carbonyl (C=O) groups is 2. The number of nitrogens with zero attached hydrogens (tertiary/aromatic N) is 1. The van der Waals surface area contributed by atoms with Crippen LogP contribution in [0.4, 0.5) is 5.69 Å². The minimum absolute atomic E-state index is 0.106. The van der Waals surface area contributed by atoms with E-state index in [4.69, 9.17) is 15.9 Å². The molecule has 5 aromatic rings. The second-order valence-electron chi connectivity index (χ2n) is 13.4. The van der Waals surface area contributed by atoms with E-state index in [2.05, 4.69) is 10.0 Å². The molecule has 260 valence electrons. The fraction of sp³-hybridized carbons (Fsp3) is 0.175. The highest BCUT2D eigenvalue weighted by atomic mass is 32.2. The van der Waals surface area contributed by atoms with Crippen LogP contribution in [0, 0.1) is 5.41 Å². The lowest BCUT2D eigenvalue weighted by atomic mass is 10.0. The molecular weight excluding hydrogens is 663 g/mol. The first kappa shape index (κ1) is 35.1. The smallest absolute Gasteiger partial charge is 0.255 e. The maximum absolute atomic E-state index is 14.3. The second-order valence-corrected chi connectivity index (χ2v) is 15.0. The number of hydrogen-bond acceptors (Lipinski definition) is 6. The monoisotopic (exact) mass is 701 g/mol. The number of ether oxygens (including phenoxy) is 1. The van der Waals surface area contributed by atoms with Crippen molar-refractivity contribution in [1.82, 2.24) is 9.62 Å². The van der Waals surface area contributed by atoms with E-state index >= 15 is 0 Å². The summed E-state index contributed by atoms with van der Waals surface area (Å²) < 4.78 is 35.6. The Morgan fingerprint density at radius 3 is 2.24 bits per heavy atom. The first-order valence-corrected chi connectivity index (χ1v) is 17.9. The molecule has 0 aliphatic carbocycles. The Labute approximate surface area is 297 Å². The molecule has 51 heavy (non-hydrogen) atoms. The number of amidine groups is 1. The molecule has 11 heteroatoms. The predicted molar refractivity (Wildman–Crippen MR) is 198 cm³/mol. The lowest BCUT2D eigenvalue weighted by molar-refractivity contribution is -0.120. The van der Waals surface area contributed by atoms with Crippen LogP contribution in [0.3, 0.4) is 0 Å². The van der Waals surface area contributed by atoms with Crippen molar-refractivity contribution in [2.75, 3.05) is 5.32 Å². The molecule has 5 N–H and O–H groups in total. The summed E-state index contributed by atoms with van der Waals surface area (Å²) in [4.78, 5) is 30.0. The van der Waals surface area contributed by atoms with Gasteiger partial charge in [0.25, 0.3) is 11.8 Å². The summed E-state index contributed by atoms with van der Waals surface area (Å²) in [6.45, 7) is 5.68. The lowest BCUT2D eigenvalue weighted by Gasteiger charge is -2.28. The fourth-order valence-electron chi connectivity index (χ4n) is 6.08. The number of nitrogens with two attached hydrogens (primary N) is 1. The van der Waals surface area contributed by atoms with Crippen LogP contribution in [0.15, 0.2) is 126 Å². The van der Waals surface area contributed by atoms with Gasteiger partial charge in [0.05, 0.1) is 10.6 Å². The van der Waals surface area contributed by atoms with E-state index in [9.17, 15) is 18.0 Å². The quantitative estimate of drug-likeness (QED) is 0.0896. The second kappa shape index (κ2) is 14.2. The third kappa shape index (κ3) is 7.85. The SMILES string of the molecule is CC(C)(C)NS(=O)(=O)c1ccccc1-c1ccc2c(c1)CN(C(C(=O)Nc1cc(C(=N)N)ccc1OCc1ccccc1)c1ccccc1)C2=O. The van der Waals surface area contributed by atoms with Crippen molar-refractivity contribution in [1.29, 1.82) is 5.41 Å². The van der Waals surface area contributed by atoms with E-state index in [0.29, 0.717) is 44.8 Å². The molecule has 1 unspecified atom stereocenters. The van der Waals surface area contributed by atoms with Gasteiger partial charge < -0.3 is 20.7 Å². The molecule has 0 spiro atoms. The van der Waals surface area contributed by atoms with Crippen LogP contribution in [-0.2, 0) is 28.0 Å². The number of nitrogens with one attached hydrogen (secondary N) is 3. The highest BCUT2D eigenvalue weighted by molar-refractivity contribution is 7.89. The predicted octanol–water partition coefficient (Wildman–Crippen LogP) is 6.63. The fourth-order valence-corrected chi connectivity index (χ4v) is 7.73. The van der Waals surface area contributed by atoms with Crippen LogP contribution in [0.1, 0.15) is 59.4 Å². The number of sulfonamides is 1. The van der Waals surface area contributed by atoms with Gasteiger partial charge in [0, 0.05) is 28.8 Å². The minimum Gasteiger partial charge on any atom is -0.487 e. The molecule has 1 aliphatic rings. The summed E-state index contributed by atoms with van der Waals surface area (Å²) in [5, 5.41) is 10.9. The molecule has 0 aromatic heterocycles. The lowest BCUT2D eigenvalue weighted by Crippen LogP contribution is -2.40. The molecule has 0 radical (unpaired) electrons. The first-order valence-electron chi connectivity index (χ1n) is 16.4. The van der Waals surface area contributed by atoms with Crippen molar-refractivity contribution in [3.05, 3.63) is 149 Å². The molecule has 10 nitrogen and oxygen atoms in total. The molecule has 0 saturated carbocycles. The third-order valence-corrected chi connectivity index (χ3v) is 10.1. The zero-order valence-corrected chi connectivity index (χ0v) is 29.3. The summed E-state index contributed by atoms with van der Waals surface area (Å²) >= 11 is 0. The largest absolute Gasteiger partial charge is 0.487 e. The van der Waals surface area contributed by atoms with E-state index in [1.807, 2.05) is 42.5 Å². The molecular formula is C40H39N5O5S. The molecule has 0 saturated heterocycles. The van der Waals surface area contributed by atoms with Gasteiger partial charge in [-0.3, -0.25) is 15.0 Å². The molecule has 2 amide bonds. The standard InChI is InChI=1S/C40H39N5O5S/c1-40(2,3)44-51(48,49)35-17-11-10-16-31(35)28-18-20-32-30(22-28)24-45(39(32)47)36(27-14-8-5-9-15-27)38(46)43-33-23-29(37(41)42)19-21-34(33)50-25-26-12-6-4-7-13-26/h4-23,36,44H,24-25H2,1-3H3,(H3,41,42)(H,43,46). The van der Waals surface area contributed by atoms with Gasteiger partial charge in [0.1, 0.15) is 24.2 Å². The van der Waals surface area contributed by atoms with Gasteiger partial charge in [-0.15, -0.1) is 0 Å². The van der Waals surface area contributed by atoms with Crippen molar-refractivity contribution in [2.45, 2.75) is 50.4 Å². The maximum atomic E-state index is 14.3. The number of anilines is 1. The van der Waals surface area contributed by atoms with Crippen LogP contribution in [0.2, 0.25) is 0 Å². The molecule has 1 atom stereocenters. The van der Waals surface area contributed by atoms with E-state index in [1.54, 1.807) is 99.6 Å². The van der Waals surface area contributed by atoms with Gasteiger partial charge in [-0.1, -0.05) is 84.9 Å². The summed E-state index contributed by atoms with van der Waals surface area (Å²) in [6.07, 6.45) is 0. The average Bonchev–Trinajstić information content (AvgIpc) is 3.42. The first-order chi connectivity index (χ1) is 24.3. The van der Waals surface area contributed by atoms with Crippen molar-refractivity contribution < 1.29 is 22.7 Å². The number of hydrogen-bond donors (Lipinski definition) is 4. The number of benzene rings is 5. The van der Waals surface area contributed by atoms with Crippen molar-refractivity contribution in [2.24, 2.45) is 5.73 Å². The molecule has 0 fully saturated rings. The third-order valence-electron chi connectivity index (χ3n) is 8.33. The normalized spacial score (nSPS) is 13.4. The average molecular weight is 702 g/mol. The van der Waals surface area contributed by atoms with Gasteiger partial charge in [-0.05, 0) is 79.4 Å². The molecule has 6 rings (SSSR count). The Morgan fingerprint density at radius 1 is 0.882 bits per heavy atom. The number of nitrogen functional groups attached to an aromatic ring is 1. The Kier molecular flexibility index (Phi) is 9.77. The van der Waals surface area contributed by atoms with Gasteiger partial charge in [0.15, 0.2) is 0 Å². The van der Waals surface area contributed by atoms with Gasteiger partial charge in [-0.25, -0.2) is 13.1 Å². The summed E-state index contributed by atoms with van der Waals surface area (Å²) in [6, 6.07) is 34.4. The highest BCUT2D eigenvalue weighted by Gasteiger charge is 2.38. The zero-order valence-electron chi connectivity index (χ0n) is 28.5. The van der Waals surface area contributed by atoms with E-state index in [0.717, 1.165) is 5.56 Å². The summed E-state index contributed by atoms with van der Waals surface area (Å²) in [5.41, 5.74) is 9.53. The number of amides is 2. The zero-order chi connectivity index (χ0) is 36.3. The Morgan fingerprint density at radius 2 is 1.55 bits per heavy atom. The van der Waals surface area contributed by atoms with E-state index in [-0.39, 0.29) is 29.8 Å². The van der Waals surface area contributed by atoms with Crippen LogP contribution < -0.4 is 20.5 Å². The van der Waals surface area contributed by atoms with Crippen molar-refractivity contribution in [3.63, 3.8) is 0 Å². The Bertz CT molecular complexity index is 2220. The minimum atomic E-state index is -3.87. The van der Waals surface area contributed by atoms with Gasteiger partial charge in [0.2, 0.25) is 10.0 Å². The van der Waals surface area contributed by atoms with Crippen LogP contribution in [0.25, 0.3) is 11.1 Å². The highest BCUT2D eigenvalue weighted by Crippen LogP contribution is 2.37. The molecule has 0 bridgehead atoms. The number of carbonyl (C=O) groups excluding carboxylic acids is 2. The Hall–Kier alpha value is -5.78. The van der Waals surface area contributed by atoms with Crippen LogP contribution in [-0.4, -0.2) is 36.5 Å². The Balaban J connectivity index is 1.33. The van der Waals surface area contributed by atoms with Crippen LogP contribution in [0.5, 0.6) is 5.75 Å². The van der Waals surface area contributed by atoms with Crippen molar-refractivity contribution >= 4 is 33.4 Å². The van der Waals surface area contributed by atoms with Gasteiger partial charge in [-0.2, -0.15) is 0 Å². The maximum Gasteiger partial charge on any atom is 0.255 e. The summed E-state index contributed by atoms with van der Waals surface area (Å²) in [5.74, 6) is -0.630. The number of rotatable bonds is 11. The number of fused-ring (bicyclic) bond motifs is 1. The van der Waals surface area contributed by atoms with E-state index in [1.165, 1.54) is 4.90 Å². The van der Waals surface area contributed by atoms with Crippen molar-refractivity contribution in [3.8, 4) is 16.9 Å². The molecule has 1 aliphatic heterocycles. The summed E-state index contributed by atoms with van der Waals surface area (Å²) in [7, 11) is -3.87. The molecule has 1 heterocycles. The van der Waals surface area contributed by atoms with E-state index < -0.39 is 27.5 Å².